The fraction of sp³-hybridized carbons (Fsp3) is 0.158. The van der Waals surface area contributed by atoms with Gasteiger partial charge in [-0.05, 0) is 23.3 Å². The number of hydrogen-bond acceptors (Lipinski definition) is 3. The van der Waals surface area contributed by atoms with Crippen LogP contribution in [0.25, 0.3) is 0 Å². The normalized spacial score (nSPS) is 10.7. The topological polar surface area (TPSA) is 38.1 Å². The molecule has 128 valence electrons. The Morgan fingerprint density at radius 1 is 1.08 bits per heavy atom. The van der Waals surface area contributed by atoms with E-state index in [0.717, 1.165) is 11.1 Å². The lowest BCUT2D eigenvalue weighted by Gasteiger charge is -2.20. The van der Waals surface area contributed by atoms with E-state index >= 15 is 0 Å². The Bertz CT molecular complexity index is 910. The number of benzene rings is 2. The van der Waals surface area contributed by atoms with Gasteiger partial charge in [-0.2, -0.15) is 5.10 Å². The van der Waals surface area contributed by atoms with Gasteiger partial charge >= 0.3 is 0 Å². The zero-order valence-corrected chi connectivity index (χ0v) is 14.4. The predicted octanol–water partition coefficient (Wildman–Crippen LogP) is 3.72. The number of rotatable bonds is 5. The molecule has 0 fully saturated rings. The van der Waals surface area contributed by atoms with E-state index < -0.39 is 0 Å². The van der Waals surface area contributed by atoms with E-state index in [4.69, 9.17) is 11.6 Å². The third-order valence-corrected chi connectivity index (χ3v) is 4.24. The Morgan fingerprint density at radius 2 is 1.76 bits per heavy atom. The monoisotopic (exact) mass is 357 g/mol. The van der Waals surface area contributed by atoms with Crippen LogP contribution in [0.2, 0.25) is 5.02 Å². The maximum absolute atomic E-state index is 13.0. The molecular weight excluding hydrogens is 341 g/mol. The fourth-order valence-electron chi connectivity index (χ4n) is 2.54. The second-order valence-electron chi connectivity index (χ2n) is 5.77. The van der Waals surface area contributed by atoms with Gasteiger partial charge in [0.15, 0.2) is 0 Å². The van der Waals surface area contributed by atoms with Crippen LogP contribution < -0.4 is 10.5 Å². The first kappa shape index (κ1) is 17.2. The molecule has 1 aromatic heterocycles. The summed E-state index contributed by atoms with van der Waals surface area (Å²) in [6.45, 7) is 0.852. The highest BCUT2D eigenvalue weighted by Crippen LogP contribution is 2.21. The molecule has 6 heteroatoms. The summed E-state index contributed by atoms with van der Waals surface area (Å²) in [5.74, 6) is -0.319. The van der Waals surface area contributed by atoms with Crippen molar-refractivity contribution in [1.29, 1.82) is 0 Å². The highest BCUT2D eigenvalue weighted by molar-refractivity contribution is 6.33. The van der Waals surface area contributed by atoms with Crippen molar-refractivity contribution < 1.29 is 4.39 Å². The quantitative estimate of drug-likeness (QED) is 0.698. The summed E-state index contributed by atoms with van der Waals surface area (Å²) in [5.41, 5.74) is 2.09. The molecule has 0 saturated heterocycles. The molecule has 25 heavy (non-hydrogen) atoms. The zero-order chi connectivity index (χ0) is 17.8. The Hall–Kier alpha value is -2.66. The maximum Gasteiger partial charge on any atom is 0.287 e. The van der Waals surface area contributed by atoms with Gasteiger partial charge < -0.3 is 4.90 Å². The molecule has 0 radical (unpaired) electrons. The van der Waals surface area contributed by atoms with Crippen LogP contribution in [-0.2, 0) is 13.1 Å². The molecule has 1 heterocycles. The van der Waals surface area contributed by atoms with Gasteiger partial charge in [-0.25, -0.2) is 9.07 Å². The molecule has 0 aliphatic rings. The van der Waals surface area contributed by atoms with Gasteiger partial charge in [0.1, 0.15) is 10.8 Å². The van der Waals surface area contributed by atoms with E-state index in [1.807, 2.05) is 42.3 Å². The molecule has 3 rings (SSSR count). The summed E-state index contributed by atoms with van der Waals surface area (Å²) in [5, 5.41) is 4.32. The molecule has 0 atom stereocenters. The second-order valence-corrected chi connectivity index (χ2v) is 6.15. The van der Waals surface area contributed by atoms with Crippen molar-refractivity contribution in [1.82, 2.24) is 9.78 Å². The third-order valence-electron chi connectivity index (χ3n) is 3.89. The highest BCUT2D eigenvalue weighted by atomic mass is 35.5. The first-order valence-electron chi connectivity index (χ1n) is 7.80. The molecule has 0 saturated carbocycles. The number of anilines is 1. The van der Waals surface area contributed by atoms with E-state index in [9.17, 15) is 9.18 Å². The first-order chi connectivity index (χ1) is 12.0. The summed E-state index contributed by atoms with van der Waals surface area (Å²) in [7, 11) is 1.86. The minimum Gasteiger partial charge on any atom is -0.368 e. The lowest BCUT2D eigenvalue weighted by Crippen LogP contribution is -2.27. The van der Waals surface area contributed by atoms with Gasteiger partial charge in [0.2, 0.25) is 0 Å². The molecule has 0 bridgehead atoms. The van der Waals surface area contributed by atoms with Crippen LogP contribution in [0.1, 0.15) is 11.1 Å². The number of nitrogens with zero attached hydrogens (tertiary/aromatic N) is 3. The van der Waals surface area contributed by atoms with Crippen LogP contribution in [0, 0.1) is 5.82 Å². The second kappa shape index (κ2) is 7.49. The van der Waals surface area contributed by atoms with Crippen LogP contribution in [0.15, 0.2) is 65.6 Å². The fourth-order valence-corrected chi connectivity index (χ4v) is 2.83. The van der Waals surface area contributed by atoms with Gasteiger partial charge in [0, 0.05) is 13.6 Å². The molecule has 0 spiro atoms. The molecule has 0 aliphatic heterocycles. The van der Waals surface area contributed by atoms with E-state index in [1.165, 1.54) is 16.8 Å². The SMILES string of the molecule is CN(Cc1ccccc1)c1cnn(Cc2ccc(F)cc2)c(=O)c1Cl. The summed E-state index contributed by atoms with van der Waals surface area (Å²) in [6.07, 6.45) is 1.58. The van der Waals surface area contributed by atoms with E-state index in [2.05, 4.69) is 5.10 Å². The molecule has 3 aromatic rings. The highest BCUT2D eigenvalue weighted by Gasteiger charge is 2.13. The summed E-state index contributed by atoms with van der Waals surface area (Å²) >= 11 is 6.28. The van der Waals surface area contributed by atoms with Crippen molar-refractivity contribution in [2.45, 2.75) is 13.1 Å². The lowest BCUT2D eigenvalue weighted by molar-refractivity contribution is 0.618. The Balaban J connectivity index is 1.82. The Labute approximate surface area is 150 Å². The van der Waals surface area contributed by atoms with Gasteiger partial charge in [-0.3, -0.25) is 4.79 Å². The molecular formula is C19H17ClFN3O. The van der Waals surface area contributed by atoms with Crippen molar-refractivity contribution in [3.8, 4) is 0 Å². The molecule has 0 aliphatic carbocycles. The van der Waals surface area contributed by atoms with E-state index in [0.29, 0.717) is 12.2 Å². The van der Waals surface area contributed by atoms with Crippen LogP contribution in [0.5, 0.6) is 0 Å². The standard InChI is InChI=1S/C19H17ClFN3O/c1-23(12-14-5-3-2-4-6-14)17-11-22-24(19(25)18(17)20)13-15-7-9-16(21)10-8-15/h2-11H,12-13H2,1H3. The minimum absolute atomic E-state index is 0.121. The Kier molecular flexibility index (Phi) is 5.14. The van der Waals surface area contributed by atoms with Crippen LogP contribution in [-0.4, -0.2) is 16.8 Å². The number of aromatic nitrogens is 2. The summed E-state index contributed by atoms with van der Waals surface area (Å²) in [4.78, 5) is 14.4. The summed E-state index contributed by atoms with van der Waals surface area (Å²) in [6, 6.07) is 15.8. The molecule has 0 amide bonds. The molecule has 4 nitrogen and oxygen atoms in total. The van der Waals surface area contributed by atoms with Gasteiger partial charge in [-0.1, -0.05) is 54.1 Å². The largest absolute Gasteiger partial charge is 0.368 e. The predicted molar refractivity (Wildman–Crippen MR) is 97.6 cm³/mol. The van der Waals surface area contributed by atoms with Gasteiger partial charge in [0.05, 0.1) is 18.4 Å². The van der Waals surface area contributed by atoms with Crippen molar-refractivity contribution in [2.24, 2.45) is 0 Å². The van der Waals surface area contributed by atoms with Crippen molar-refractivity contribution in [3.63, 3.8) is 0 Å². The van der Waals surface area contributed by atoms with Crippen LogP contribution in [0.4, 0.5) is 10.1 Å². The number of halogens is 2. The average molecular weight is 358 g/mol. The van der Waals surface area contributed by atoms with Crippen molar-refractivity contribution in [2.75, 3.05) is 11.9 Å². The van der Waals surface area contributed by atoms with Crippen molar-refractivity contribution in [3.05, 3.63) is 93.1 Å². The summed E-state index contributed by atoms with van der Waals surface area (Å²) < 4.78 is 14.3. The molecule has 2 aromatic carbocycles. The van der Waals surface area contributed by atoms with E-state index in [1.54, 1.807) is 18.3 Å². The average Bonchev–Trinajstić information content (AvgIpc) is 2.62. The molecule has 0 N–H and O–H groups in total. The third kappa shape index (κ3) is 4.06. The maximum atomic E-state index is 13.0. The lowest BCUT2D eigenvalue weighted by atomic mass is 10.2. The van der Waals surface area contributed by atoms with Gasteiger partial charge in [-0.15, -0.1) is 0 Å². The minimum atomic E-state index is -0.372. The zero-order valence-electron chi connectivity index (χ0n) is 13.7. The van der Waals surface area contributed by atoms with Crippen LogP contribution in [0.3, 0.4) is 0 Å². The smallest absolute Gasteiger partial charge is 0.287 e. The Morgan fingerprint density at radius 3 is 2.44 bits per heavy atom. The number of hydrogen-bond donors (Lipinski definition) is 0. The van der Waals surface area contributed by atoms with Crippen LogP contribution >= 0.6 is 11.6 Å². The van der Waals surface area contributed by atoms with E-state index in [-0.39, 0.29) is 22.9 Å². The van der Waals surface area contributed by atoms with Gasteiger partial charge in [0.25, 0.3) is 5.56 Å². The first-order valence-corrected chi connectivity index (χ1v) is 8.17. The molecule has 0 unspecified atom stereocenters. The van der Waals surface area contributed by atoms with Crippen molar-refractivity contribution >= 4 is 17.3 Å².